The van der Waals surface area contributed by atoms with Gasteiger partial charge in [-0.05, 0) is 14.0 Å². The van der Waals surface area contributed by atoms with E-state index in [9.17, 15) is 9.59 Å². The van der Waals surface area contributed by atoms with Crippen LogP contribution in [0.5, 0.6) is 0 Å². The van der Waals surface area contributed by atoms with Gasteiger partial charge in [0.2, 0.25) is 0 Å². The lowest BCUT2D eigenvalue weighted by Gasteiger charge is -2.37. The molecule has 3 heterocycles. The van der Waals surface area contributed by atoms with Crippen molar-refractivity contribution in [1.82, 2.24) is 25.1 Å². The summed E-state index contributed by atoms with van der Waals surface area (Å²) in [5, 5.41) is 2.66. The molecule has 9 heteroatoms. The Morgan fingerprint density at radius 2 is 1.81 bits per heavy atom. The van der Waals surface area contributed by atoms with E-state index in [1.165, 1.54) is 0 Å². The van der Waals surface area contributed by atoms with Gasteiger partial charge < -0.3 is 24.8 Å². The quantitative estimate of drug-likeness (QED) is 0.708. The lowest BCUT2D eigenvalue weighted by Crippen LogP contribution is -2.47. The predicted molar refractivity (Wildman–Crippen MR) is 121 cm³/mol. The molecular formula is C23H30N6O3. The van der Waals surface area contributed by atoms with E-state index in [2.05, 4.69) is 22.2 Å². The topological polar surface area (TPSA) is 90.9 Å². The Bertz CT molecular complexity index is 960. The molecule has 0 spiro atoms. The molecule has 1 aromatic heterocycles. The molecular weight excluding hydrogens is 408 g/mol. The van der Waals surface area contributed by atoms with Gasteiger partial charge in [-0.25, -0.2) is 14.8 Å². The Hall–Kier alpha value is -3.20. The summed E-state index contributed by atoms with van der Waals surface area (Å²) in [4.78, 5) is 40.4. The highest BCUT2D eigenvalue weighted by Crippen LogP contribution is 2.30. The van der Waals surface area contributed by atoms with Gasteiger partial charge in [0, 0.05) is 50.3 Å². The van der Waals surface area contributed by atoms with Crippen molar-refractivity contribution < 1.29 is 14.3 Å². The maximum Gasteiger partial charge on any atom is 0.325 e. The zero-order valence-electron chi connectivity index (χ0n) is 18.7. The molecule has 1 saturated heterocycles. The van der Waals surface area contributed by atoms with Crippen molar-refractivity contribution in [3.63, 3.8) is 0 Å². The maximum atomic E-state index is 12.7. The van der Waals surface area contributed by atoms with Crippen molar-refractivity contribution in [2.45, 2.75) is 19.9 Å². The fourth-order valence-corrected chi connectivity index (χ4v) is 4.04. The molecule has 32 heavy (non-hydrogen) atoms. The third kappa shape index (κ3) is 4.99. The minimum atomic E-state index is -0.438. The van der Waals surface area contributed by atoms with Gasteiger partial charge in [-0.15, -0.1) is 0 Å². The van der Waals surface area contributed by atoms with E-state index in [0.717, 1.165) is 54.6 Å². The summed E-state index contributed by atoms with van der Waals surface area (Å²) in [6.45, 7) is 6.53. The summed E-state index contributed by atoms with van der Waals surface area (Å²) in [6.07, 6.45) is 0.644. The van der Waals surface area contributed by atoms with Crippen molar-refractivity contribution in [3.8, 4) is 11.4 Å². The van der Waals surface area contributed by atoms with Crippen LogP contribution in [-0.4, -0.2) is 84.7 Å². The third-order valence-corrected chi connectivity index (χ3v) is 5.85. The monoisotopic (exact) mass is 438 g/mol. The highest BCUT2D eigenvalue weighted by atomic mass is 16.5. The van der Waals surface area contributed by atoms with Gasteiger partial charge in [-0.1, -0.05) is 30.3 Å². The number of rotatable bonds is 5. The molecule has 9 nitrogen and oxygen atoms in total. The summed E-state index contributed by atoms with van der Waals surface area (Å²) < 4.78 is 4.90. The van der Waals surface area contributed by atoms with Crippen molar-refractivity contribution >= 4 is 17.8 Å². The SMILES string of the molecule is CCOC(=O)CNC(=O)N1CCc2nc(-c3ccccc3)nc(N3CCN(C)CC3)c2C1. The molecule has 0 aliphatic carbocycles. The van der Waals surface area contributed by atoms with Crippen LogP contribution in [0.15, 0.2) is 30.3 Å². The van der Waals surface area contributed by atoms with E-state index >= 15 is 0 Å². The number of urea groups is 1. The summed E-state index contributed by atoms with van der Waals surface area (Å²) in [7, 11) is 2.12. The number of hydrogen-bond acceptors (Lipinski definition) is 7. The highest BCUT2D eigenvalue weighted by molar-refractivity contribution is 5.81. The fraction of sp³-hybridized carbons (Fsp3) is 0.478. The van der Waals surface area contributed by atoms with Crippen LogP contribution in [0.1, 0.15) is 18.2 Å². The second-order valence-electron chi connectivity index (χ2n) is 8.09. The smallest absolute Gasteiger partial charge is 0.325 e. The minimum Gasteiger partial charge on any atom is -0.465 e. The first-order chi connectivity index (χ1) is 15.5. The largest absolute Gasteiger partial charge is 0.465 e. The summed E-state index contributed by atoms with van der Waals surface area (Å²) in [5.74, 6) is 1.19. The van der Waals surface area contributed by atoms with Crippen LogP contribution >= 0.6 is 0 Å². The van der Waals surface area contributed by atoms with Crippen LogP contribution in [0.25, 0.3) is 11.4 Å². The lowest BCUT2D eigenvalue weighted by molar-refractivity contribution is -0.141. The Kier molecular flexibility index (Phi) is 6.84. The molecule has 0 unspecified atom stereocenters. The van der Waals surface area contributed by atoms with E-state index < -0.39 is 5.97 Å². The van der Waals surface area contributed by atoms with Crippen molar-refractivity contribution in [1.29, 1.82) is 0 Å². The van der Waals surface area contributed by atoms with Gasteiger partial charge in [0.15, 0.2) is 5.82 Å². The maximum absolute atomic E-state index is 12.7. The molecule has 0 saturated carbocycles. The number of carbonyl (C=O) groups is 2. The van der Waals surface area contributed by atoms with Crippen molar-refractivity contribution in [2.24, 2.45) is 0 Å². The number of likely N-dealkylation sites (N-methyl/N-ethyl adjacent to an activating group) is 1. The average molecular weight is 439 g/mol. The molecule has 1 fully saturated rings. The summed E-state index contributed by atoms with van der Waals surface area (Å²) >= 11 is 0. The number of piperazine rings is 1. The van der Waals surface area contributed by atoms with E-state index in [4.69, 9.17) is 14.7 Å². The second-order valence-corrected chi connectivity index (χ2v) is 8.09. The Balaban J connectivity index is 1.59. The molecule has 4 rings (SSSR count). The lowest BCUT2D eigenvalue weighted by atomic mass is 10.0. The Labute approximate surface area is 188 Å². The number of benzene rings is 1. The van der Waals surface area contributed by atoms with Crippen LogP contribution in [0, 0.1) is 0 Å². The molecule has 0 atom stereocenters. The van der Waals surface area contributed by atoms with Crippen molar-refractivity contribution in [2.75, 3.05) is 57.8 Å². The number of esters is 1. The van der Waals surface area contributed by atoms with Crippen LogP contribution in [0.4, 0.5) is 10.6 Å². The first-order valence-electron chi connectivity index (χ1n) is 11.1. The standard InChI is InChI=1S/C23H30N6O3/c1-3-32-20(30)15-24-23(31)29-10-9-19-18(16-29)22(28-13-11-27(2)12-14-28)26-21(25-19)17-7-5-4-6-8-17/h4-8H,3,9-16H2,1-2H3,(H,24,31). The molecule has 170 valence electrons. The normalized spacial score (nSPS) is 16.4. The van der Waals surface area contributed by atoms with Gasteiger partial charge in [0.25, 0.3) is 0 Å². The average Bonchev–Trinajstić information content (AvgIpc) is 2.83. The number of fused-ring (bicyclic) bond motifs is 1. The Morgan fingerprint density at radius 1 is 1.06 bits per heavy atom. The molecule has 1 N–H and O–H groups in total. The van der Waals surface area contributed by atoms with Crippen LogP contribution < -0.4 is 10.2 Å². The van der Waals surface area contributed by atoms with E-state index in [1.807, 2.05) is 30.3 Å². The number of carbonyl (C=O) groups excluding carboxylic acids is 2. The van der Waals surface area contributed by atoms with Gasteiger partial charge in [0.1, 0.15) is 12.4 Å². The number of aromatic nitrogens is 2. The number of amides is 2. The zero-order valence-corrected chi connectivity index (χ0v) is 18.7. The summed E-state index contributed by atoms with van der Waals surface area (Å²) in [5.41, 5.74) is 2.97. The second kappa shape index (κ2) is 9.95. The molecule has 0 bridgehead atoms. The molecule has 1 aromatic carbocycles. The van der Waals surface area contributed by atoms with Crippen LogP contribution in [0.3, 0.4) is 0 Å². The first kappa shape index (κ1) is 22.0. The van der Waals surface area contributed by atoms with Gasteiger partial charge in [-0.3, -0.25) is 4.79 Å². The van der Waals surface area contributed by atoms with Gasteiger partial charge in [-0.2, -0.15) is 0 Å². The molecule has 2 aliphatic rings. The number of hydrogen-bond donors (Lipinski definition) is 1. The van der Waals surface area contributed by atoms with E-state index in [0.29, 0.717) is 26.1 Å². The molecule has 0 radical (unpaired) electrons. The Morgan fingerprint density at radius 3 is 2.53 bits per heavy atom. The van der Waals surface area contributed by atoms with Crippen LogP contribution in [0.2, 0.25) is 0 Å². The van der Waals surface area contributed by atoms with Crippen LogP contribution in [-0.2, 0) is 22.5 Å². The fourth-order valence-electron chi connectivity index (χ4n) is 4.04. The van der Waals surface area contributed by atoms with E-state index in [-0.39, 0.29) is 12.6 Å². The van der Waals surface area contributed by atoms with E-state index in [1.54, 1.807) is 11.8 Å². The van der Waals surface area contributed by atoms with Gasteiger partial charge >= 0.3 is 12.0 Å². The van der Waals surface area contributed by atoms with Crippen molar-refractivity contribution in [3.05, 3.63) is 41.6 Å². The highest BCUT2D eigenvalue weighted by Gasteiger charge is 2.29. The molecule has 2 aliphatic heterocycles. The first-order valence-corrected chi connectivity index (χ1v) is 11.1. The number of nitrogens with one attached hydrogen (secondary N) is 1. The number of anilines is 1. The number of nitrogens with zero attached hydrogens (tertiary/aromatic N) is 5. The molecule has 2 amide bonds. The zero-order chi connectivity index (χ0) is 22.5. The minimum absolute atomic E-state index is 0.134. The predicted octanol–water partition coefficient (Wildman–Crippen LogP) is 1.53. The number of ether oxygens (including phenoxy) is 1. The van der Waals surface area contributed by atoms with Gasteiger partial charge in [0.05, 0.1) is 18.8 Å². The summed E-state index contributed by atoms with van der Waals surface area (Å²) in [6, 6.07) is 9.73. The molecule has 2 aromatic rings. The third-order valence-electron chi connectivity index (χ3n) is 5.85.